The molecule has 0 heterocycles. The second kappa shape index (κ2) is 3.39. The van der Waals surface area contributed by atoms with E-state index >= 15 is 0 Å². The number of ether oxygens (including phenoxy) is 1. The normalized spacial score (nSPS) is 27.5. The van der Waals surface area contributed by atoms with Crippen molar-refractivity contribution < 1.29 is 4.74 Å². The Morgan fingerprint density at radius 1 is 1.40 bits per heavy atom. The molecular weight excluding hydrogens is 210 g/mol. The van der Waals surface area contributed by atoms with Gasteiger partial charge in [0.05, 0.1) is 7.11 Å². The van der Waals surface area contributed by atoms with Crippen molar-refractivity contribution in [1.82, 2.24) is 0 Å². The van der Waals surface area contributed by atoms with Gasteiger partial charge in [-0.3, -0.25) is 0 Å². The molecule has 2 rings (SSSR count). The van der Waals surface area contributed by atoms with Crippen molar-refractivity contribution in [2.24, 2.45) is 11.1 Å². The zero-order valence-electron chi connectivity index (χ0n) is 9.25. The number of benzene rings is 1. The summed E-state index contributed by atoms with van der Waals surface area (Å²) < 4.78 is 5.33. The van der Waals surface area contributed by atoms with Crippen LogP contribution in [0.1, 0.15) is 25.3 Å². The molecule has 0 bridgehead atoms. The van der Waals surface area contributed by atoms with Gasteiger partial charge in [-0.2, -0.15) is 0 Å². The summed E-state index contributed by atoms with van der Waals surface area (Å²) in [6, 6.07) is 5.90. The fourth-order valence-electron chi connectivity index (χ4n) is 2.22. The number of rotatable bonds is 2. The lowest BCUT2D eigenvalue weighted by Crippen LogP contribution is -2.06. The average Bonchev–Trinajstić information content (AvgIpc) is 2.66. The summed E-state index contributed by atoms with van der Waals surface area (Å²) in [5.41, 5.74) is 7.33. The highest BCUT2D eigenvalue weighted by Gasteiger charge is 2.57. The first-order valence-electron chi connectivity index (χ1n) is 5.07. The Morgan fingerprint density at radius 2 is 2.00 bits per heavy atom. The molecule has 0 amide bonds. The third-order valence-electron chi connectivity index (χ3n) is 3.44. The smallest absolute Gasteiger partial charge is 0.122 e. The van der Waals surface area contributed by atoms with E-state index < -0.39 is 0 Å². The second-order valence-corrected chi connectivity index (χ2v) is 5.15. The molecule has 0 radical (unpaired) electrons. The van der Waals surface area contributed by atoms with Gasteiger partial charge in [0.25, 0.3) is 0 Å². The lowest BCUT2D eigenvalue weighted by molar-refractivity contribution is 0.407. The maximum Gasteiger partial charge on any atom is 0.122 e. The summed E-state index contributed by atoms with van der Waals surface area (Å²) in [5, 5.41) is 0.737. The quantitative estimate of drug-likeness (QED) is 0.840. The maximum absolute atomic E-state index is 6.05. The van der Waals surface area contributed by atoms with Gasteiger partial charge in [0, 0.05) is 22.5 Å². The Hall–Kier alpha value is -0.730. The van der Waals surface area contributed by atoms with Crippen molar-refractivity contribution >= 4 is 11.6 Å². The monoisotopic (exact) mass is 225 g/mol. The van der Waals surface area contributed by atoms with Crippen LogP contribution >= 0.6 is 11.6 Å². The standard InChI is InChI=1S/C12H16ClNO/c1-12(2)10(11(12)14)8-6-7(13)4-5-9(8)15-3/h4-6,10-11H,14H2,1-3H3. The van der Waals surface area contributed by atoms with E-state index in [0.717, 1.165) is 16.3 Å². The van der Waals surface area contributed by atoms with Gasteiger partial charge in [-0.05, 0) is 23.6 Å². The minimum atomic E-state index is 0.151. The van der Waals surface area contributed by atoms with Crippen LogP contribution in [0, 0.1) is 5.41 Å². The molecule has 1 saturated carbocycles. The largest absolute Gasteiger partial charge is 0.496 e. The van der Waals surface area contributed by atoms with Crippen molar-refractivity contribution in [2.75, 3.05) is 7.11 Å². The first-order valence-corrected chi connectivity index (χ1v) is 5.45. The fourth-order valence-corrected chi connectivity index (χ4v) is 2.40. The van der Waals surface area contributed by atoms with Crippen molar-refractivity contribution in [1.29, 1.82) is 0 Å². The highest BCUT2D eigenvalue weighted by Crippen LogP contribution is 2.59. The number of hydrogen-bond acceptors (Lipinski definition) is 2. The van der Waals surface area contributed by atoms with Crippen LogP contribution < -0.4 is 10.5 Å². The van der Waals surface area contributed by atoms with E-state index in [0.29, 0.717) is 5.92 Å². The molecule has 2 atom stereocenters. The van der Waals surface area contributed by atoms with Crippen LogP contribution in [0.3, 0.4) is 0 Å². The van der Waals surface area contributed by atoms with Crippen molar-refractivity contribution in [2.45, 2.75) is 25.8 Å². The van der Waals surface area contributed by atoms with Gasteiger partial charge >= 0.3 is 0 Å². The van der Waals surface area contributed by atoms with Gasteiger partial charge in [0.2, 0.25) is 0 Å². The third kappa shape index (κ3) is 1.62. The van der Waals surface area contributed by atoms with Crippen molar-refractivity contribution in [3.05, 3.63) is 28.8 Å². The summed E-state index contributed by atoms with van der Waals surface area (Å²) in [4.78, 5) is 0. The van der Waals surface area contributed by atoms with Crippen LogP contribution in [0.15, 0.2) is 18.2 Å². The highest BCUT2D eigenvalue weighted by molar-refractivity contribution is 6.30. The Labute approximate surface area is 95.4 Å². The molecule has 1 aromatic rings. The Bertz CT molecular complexity index is 389. The van der Waals surface area contributed by atoms with Gasteiger partial charge in [0.1, 0.15) is 5.75 Å². The lowest BCUT2D eigenvalue weighted by Gasteiger charge is -2.09. The number of hydrogen-bond donors (Lipinski definition) is 1. The van der Waals surface area contributed by atoms with Crippen LogP contribution in [0.5, 0.6) is 5.75 Å². The fraction of sp³-hybridized carbons (Fsp3) is 0.500. The van der Waals surface area contributed by atoms with Crippen LogP contribution in [0.2, 0.25) is 5.02 Å². The summed E-state index contributed by atoms with van der Waals surface area (Å²) in [5.74, 6) is 1.23. The van der Waals surface area contributed by atoms with Crippen molar-refractivity contribution in [3.8, 4) is 5.75 Å². The van der Waals surface area contributed by atoms with Crippen molar-refractivity contribution in [3.63, 3.8) is 0 Å². The molecule has 1 aliphatic carbocycles. The van der Waals surface area contributed by atoms with E-state index in [4.69, 9.17) is 22.1 Å². The zero-order valence-corrected chi connectivity index (χ0v) is 10.0. The molecule has 15 heavy (non-hydrogen) atoms. The van der Waals surface area contributed by atoms with E-state index in [1.165, 1.54) is 0 Å². The molecule has 0 aromatic heterocycles. The van der Waals surface area contributed by atoms with Gasteiger partial charge < -0.3 is 10.5 Å². The SMILES string of the molecule is COc1ccc(Cl)cc1C1C(N)C1(C)C. The Morgan fingerprint density at radius 3 is 2.47 bits per heavy atom. The molecule has 0 aliphatic heterocycles. The van der Waals surface area contributed by atoms with E-state index in [1.54, 1.807) is 7.11 Å². The Kier molecular flexibility index (Phi) is 2.44. The first kappa shape index (κ1) is 10.8. The number of nitrogens with two attached hydrogens (primary N) is 1. The minimum absolute atomic E-state index is 0.151. The first-order chi connectivity index (χ1) is 6.98. The molecule has 82 valence electrons. The summed E-state index contributed by atoms with van der Waals surface area (Å²) in [6.07, 6.45) is 0. The van der Waals surface area contributed by atoms with Gasteiger partial charge in [-0.1, -0.05) is 25.4 Å². The molecule has 0 spiro atoms. The molecule has 0 saturated heterocycles. The summed E-state index contributed by atoms with van der Waals surface area (Å²) >= 11 is 5.99. The van der Waals surface area contributed by atoms with Gasteiger partial charge in [-0.15, -0.1) is 0 Å². The molecule has 2 nitrogen and oxygen atoms in total. The molecule has 1 fully saturated rings. The van der Waals surface area contributed by atoms with Gasteiger partial charge in [0.15, 0.2) is 0 Å². The van der Waals surface area contributed by atoms with Crippen LogP contribution in [-0.2, 0) is 0 Å². The minimum Gasteiger partial charge on any atom is -0.496 e. The zero-order chi connectivity index (χ0) is 11.2. The molecule has 1 aliphatic rings. The molecule has 3 heteroatoms. The molecular formula is C12H16ClNO. The topological polar surface area (TPSA) is 35.2 Å². The third-order valence-corrected chi connectivity index (χ3v) is 3.67. The average molecular weight is 226 g/mol. The van der Waals surface area contributed by atoms with Crippen LogP contribution in [0.4, 0.5) is 0 Å². The number of methoxy groups -OCH3 is 1. The maximum atomic E-state index is 6.05. The van der Waals surface area contributed by atoms with E-state index in [2.05, 4.69) is 13.8 Å². The molecule has 2 unspecified atom stereocenters. The predicted octanol–water partition coefficient (Wildman–Crippen LogP) is 2.80. The number of halogens is 1. The summed E-state index contributed by atoms with van der Waals surface area (Å²) in [7, 11) is 1.67. The molecule has 2 N–H and O–H groups in total. The van der Waals surface area contributed by atoms with Crippen LogP contribution in [-0.4, -0.2) is 13.2 Å². The Balaban J connectivity index is 2.40. The molecule has 1 aromatic carbocycles. The summed E-state index contributed by atoms with van der Waals surface area (Å²) in [6.45, 7) is 4.34. The second-order valence-electron chi connectivity index (χ2n) is 4.71. The highest BCUT2D eigenvalue weighted by atomic mass is 35.5. The lowest BCUT2D eigenvalue weighted by atomic mass is 10.0. The van der Waals surface area contributed by atoms with Gasteiger partial charge in [-0.25, -0.2) is 0 Å². The van der Waals surface area contributed by atoms with E-state index in [-0.39, 0.29) is 11.5 Å². The van der Waals surface area contributed by atoms with E-state index in [9.17, 15) is 0 Å². The van der Waals surface area contributed by atoms with Crippen LogP contribution in [0.25, 0.3) is 0 Å². The predicted molar refractivity (Wildman–Crippen MR) is 62.5 cm³/mol. The van der Waals surface area contributed by atoms with E-state index in [1.807, 2.05) is 18.2 Å².